The summed E-state index contributed by atoms with van der Waals surface area (Å²) in [7, 11) is 0. The summed E-state index contributed by atoms with van der Waals surface area (Å²) in [6.07, 6.45) is 0.530. The molecule has 6 nitrogen and oxygen atoms in total. The Morgan fingerprint density at radius 2 is 1.79 bits per heavy atom. The summed E-state index contributed by atoms with van der Waals surface area (Å²) in [5.74, 6) is 0.299. The van der Waals surface area contributed by atoms with Gasteiger partial charge in [-0.05, 0) is 42.7 Å². The van der Waals surface area contributed by atoms with E-state index in [9.17, 15) is 9.59 Å². The number of aryl methyl sites for hydroxylation is 1. The molecule has 0 saturated heterocycles. The largest absolute Gasteiger partial charge is 0.462 e. The topological polar surface area (TPSA) is 84.1 Å². The molecule has 0 amide bonds. The van der Waals surface area contributed by atoms with Crippen LogP contribution in [0.1, 0.15) is 41.0 Å². The zero-order chi connectivity index (χ0) is 20.8. The second kappa shape index (κ2) is 9.19. The third-order valence-corrected chi connectivity index (χ3v) is 4.38. The molecule has 0 radical (unpaired) electrons. The van der Waals surface area contributed by atoms with Gasteiger partial charge in [0.2, 0.25) is 5.95 Å². The SMILES string of the molecule is Cc1nc(Nc2ccc(C(=O)OCC(C)C)cc2)[nH]c(=O)c1Cc1ccccc1. The van der Waals surface area contributed by atoms with Crippen molar-refractivity contribution in [3.05, 3.63) is 87.3 Å². The smallest absolute Gasteiger partial charge is 0.338 e. The van der Waals surface area contributed by atoms with E-state index in [4.69, 9.17) is 4.74 Å². The first kappa shape index (κ1) is 20.3. The number of carbonyl (C=O) groups is 1. The Hall–Kier alpha value is -3.41. The van der Waals surface area contributed by atoms with E-state index in [1.54, 1.807) is 24.3 Å². The quantitative estimate of drug-likeness (QED) is 0.589. The van der Waals surface area contributed by atoms with E-state index in [1.807, 2.05) is 51.1 Å². The molecule has 29 heavy (non-hydrogen) atoms. The van der Waals surface area contributed by atoms with Crippen molar-refractivity contribution in [2.45, 2.75) is 27.2 Å². The summed E-state index contributed by atoms with van der Waals surface area (Å²) in [4.78, 5) is 31.8. The van der Waals surface area contributed by atoms with Gasteiger partial charge in [0.05, 0.1) is 17.9 Å². The number of hydrogen-bond acceptors (Lipinski definition) is 5. The summed E-state index contributed by atoms with van der Waals surface area (Å²) < 4.78 is 5.22. The minimum atomic E-state index is -0.349. The Kier molecular flexibility index (Phi) is 6.44. The van der Waals surface area contributed by atoms with Gasteiger partial charge in [0.15, 0.2) is 0 Å². The summed E-state index contributed by atoms with van der Waals surface area (Å²) in [6, 6.07) is 16.7. The van der Waals surface area contributed by atoms with Crippen LogP contribution in [0.25, 0.3) is 0 Å². The molecular formula is C23H25N3O3. The van der Waals surface area contributed by atoms with Crippen molar-refractivity contribution in [3.63, 3.8) is 0 Å². The molecule has 0 spiro atoms. The number of nitrogens with zero attached hydrogens (tertiary/aromatic N) is 1. The lowest BCUT2D eigenvalue weighted by atomic mass is 10.1. The van der Waals surface area contributed by atoms with Crippen molar-refractivity contribution in [1.29, 1.82) is 0 Å². The number of hydrogen-bond donors (Lipinski definition) is 2. The predicted molar refractivity (Wildman–Crippen MR) is 114 cm³/mol. The van der Waals surface area contributed by atoms with Gasteiger partial charge < -0.3 is 10.1 Å². The summed E-state index contributed by atoms with van der Waals surface area (Å²) in [5.41, 5.74) is 3.40. The molecule has 0 bridgehead atoms. The normalized spacial score (nSPS) is 10.8. The Labute approximate surface area is 170 Å². The monoisotopic (exact) mass is 391 g/mol. The molecule has 6 heteroatoms. The predicted octanol–water partition coefficient (Wildman–Crippen LogP) is 4.23. The fraction of sp³-hybridized carbons (Fsp3) is 0.261. The van der Waals surface area contributed by atoms with Crippen LogP contribution in [0.5, 0.6) is 0 Å². The van der Waals surface area contributed by atoms with E-state index < -0.39 is 0 Å². The highest BCUT2D eigenvalue weighted by Crippen LogP contribution is 2.16. The molecule has 0 aliphatic carbocycles. The maximum absolute atomic E-state index is 12.5. The zero-order valence-corrected chi connectivity index (χ0v) is 16.9. The van der Waals surface area contributed by atoms with Gasteiger partial charge in [0.25, 0.3) is 5.56 Å². The van der Waals surface area contributed by atoms with Gasteiger partial charge in [-0.15, -0.1) is 0 Å². The molecule has 3 aromatic rings. The van der Waals surface area contributed by atoms with Gasteiger partial charge in [-0.25, -0.2) is 9.78 Å². The average molecular weight is 391 g/mol. The van der Waals surface area contributed by atoms with Gasteiger partial charge >= 0.3 is 5.97 Å². The zero-order valence-electron chi connectivity index (χ0n) is 16.9. The number of ether oxygens (including phenoxy) is 1. The molecule has 1 aromatic heterocycles. The van der Waals surface area contributed by atoms with Crippen LogP contribution < -0.4 is 10.9 Å². The highest BCUT2D eigenvalue weighted by atomic mass is 16.5. The standard InChI is InChI=1S/C23H25N3O3/c1-15(2)14-29-22(28)18-9-11-19(12-10-18)25-23-24-16(3)20(21(27)26-23)13-17-7-5-4-6-8-17/h4-12,15H,13-14H2,1-3H3,(H2,24,25,26,27). The second-order valence-electron chi connectivity index (χ2n) is 7.34. The van der Waals surface area contributed by atoms with E-state index in [1.165, 1.54) is 0 Å². The van der Waals surface area contributed by atoms with Crippen LogP contribution in [0.4, 0.5) is 11.6 Å². The van der Waals surface area contributed by atoms with Crippen LogP contribution in [0.2, 0.25) is 0 Å². The van der Waals surface area contributed by atoms with Crippen molar-refractivity contribution < 1.29 is 9.53 Å². The Morgan fingerprint density at radius 1 is 1.10 bits per heavy atom. The minimum absolute atomic E-state index is 0.169. The van der Waals surface area contributed by atoms with Crippen LogP contribution in [0.3, 0.4) is 0 Å². The number of aromatic amines is 1. The molecule has 0 fully saturated rings. The van der Waals surface area contributed by atoms with Crippen LogP contribution in [-0.4, -0.2) is 22.5 Å². The molecule has 0 aliphatic heterocycles. The molecule has 3 rings (SSSR count). The minimum Gasteiger partial charge on any atom is -0.462 e. The number of H-pyrrole nitrogens is 1. The Bertz CT molecular complexity index is 1030. The van der Waals surface area contributed by atoms with Crippen LogP contribution in [0, 0.1) is 12.8 Å². The van der Waals surface area contributed by atoms with E-state index in [-0.39, 0.29) is 17.4 Å². The van der Waals surface area contributed by atoms with Gasteiger partial charge in [-0.1, -0.05) is 44.2 Å². The van der Waals surface area contributed by atoms with E-state index in [0.717, 1.165) is 5.56 Å². The molecule has 150 valence electrons. The fourth-order valence-corrected chi connectivity index (χ4v) is 2.83. The highest BCUT2D eigenvalue weighted by Gasteiger charge is 2.11. The highest BCUT2D eigenvalue weighted by molar-refractivity contribution is 5.89. The van der Waals surface area contributed by atoms with E-state index in [0.29, 0.717) is 41.5 Å². The van der Waals surface area contributed by atoms with Gasteiger partial charge in [0, 0.05) is 17.7 Å². The van der Waals surface area contributed by atoms with Gasteiger partial charge in [-0.2, -0.15) is 0 Å². The Morgan fingerprint density at radius 3 is 2.41 bits per heavy atom. The molecule has 1 heterocycles. The van der Waals surface area contributed by atoms with Crippen LogP contribution in [-0.2, 0) is 11.2 Å². The Balaban J connectivity index is 1.70. The summed E-state index contributed by atoms with van der Waals surface area (Å²) in [5, 5.41) is 3.07. The lowest BCUT2D eigenvalue weighted by molar-refractivity contribution is 0.0459. The molecule has 0 saturated carbocycles. The number of esters is 1. The molecule has 0 atom stereocenters. The first-order valence-electron chi connectivity index (χ1n) is 9.60. The van der Waals surface area contributed by atoms with E-state index >= 15 is 0 Å². The number of rotatable bonds is 7. The first-order chi connectivity index (χ1) is 13.9. The maximum Gasteiger partial charge on any atom is 0.338 e. The third kappa shape index (κ3) is 5.54. The fourth-order valence-electron chi connectivity index (χ4n) is 2.83. The van der Waals surface area contributed by atoms with Gasteiger partial charge in [0.1, 0.15) is 0 Å². The first-order valence-corrected chi connectivity index (χ1v) is 9.60. The number of aromatic nitrogens is 2. The van der Waals surface area contributed by atoms with Crippen molar-refractivity contribution in [1.82, 2.24) is 9.97 Å². The molecule has 0 aliphatic rings. The van der Waals surface area contributed by atoms with Crippen LogP contribution in [0.15, 0.2) is 59.4 Å². The summed E-state index contributed by atoms with van der Waals surface area (Å²) >= 11 is 0. The van der Waals surface area contributed by atoms with Crippen molar-refractivity contribution in [2.75, 3.05) is 11.9 Å². The van der Waals surface area contributed by atoms with Gasteiger partial charge in [-0.3, -0.25) is 9.78 Å². The molecular weight excluding hydrogens is 366 g/mol. The van der Waals surface area contributed by atoms with Crippen molar-refractivity contribution >= 4 is 17.6 Å². The third-order valence-electron chi connectivity index (χ3n) is 4.38. The lowest BCUT2D eigenvalue weighted by Crippen LogP contribution is -2.18. The number of anilines is 2. The number of nitrogens with one attached hydrogen (secondary N) is 2. The van der Waals surface area contributed by atoms with Crippen molar-refractivity contribution in [2.24, 2.45) is 5.92 Å². The van der Waals surface area contributed by atoms with Crippen molar-refractivity contribution in [3.8, 4) is 0 Å². The van der Waals surface area contributed by atoms with Crippen LogP contribution >= 0.6 is 0 Å². The molecule has 2 aromatic carbocycles. The average Bonchev–Trinajstić information content (AvgIpc) is 2.70. The number of carbonyl (C=O) groups excluding carboxylic acids is 1. The number of benzene rings is 2. The molecule has 2 N–H and O–H groups in total. The lowest BCUT2D eigenvalue weighted by Gasteiger charge is -2.10. The second-order valence-corrected chi connectivity index (χ2v) is 7.34. The maximum atomic E-state index is 12.5. The summed E-state index contributed by atoms with van der Waals surface area (Å²) in [6.45, 7) is 6.19. The molecule has 0 unspecified atom stereocenters. The van der Waals surface area contributed by atoms with E-state index in [2.05, 4.69) is 15.3 Å².